The molecule has 0 atom stereocenters. The molecule has 1 fully saturated rings. The number of benzene rings is 2. The number of hydrogen-bond donors (Lipinski definition) is 1. The lowest BCUT2D eigenvalue weighted by Gasteiger charge is -2.17. The SMILES string of the molecule is COc1ccc(CN2CCCC2)cc1OCC(=O)c1c2n(c3ccccc13)CCNCC2. The molecule has 0 radical (unpaired) electrons. The quantitative estimate of drug-likeness (QED) is 0.577. The molecule has 1 saturated heterocycles. The number of nitrogens with zero attached hydrogens (tertiary/aromatic N) is 2. The minimum Gasteiger partial charge on any atom is -0.493 e. The lowest BCUT2D eigenvalue weighted by atomic mass is 10.1. The van der Waals surface area contributed by atoms with E-state index in [-0.39, 0.29) is 12.4 Å². The normalized spacial score (nSPS) is 16.7. The lowest BCUT2D eigenvalue weighted by molar-refractivity contribution is 0.0920. The molecule has 168 valence electrons. The van der Waals surface area contributed by atoms with Gasteiger partial charge in [-0.25, -0.2) is 0 Å². The summed E-state index contributed by atoms with van der Waals surface area (Å²) in [5, 5.41) is 4.46. The number of ether oxygens (including phenoxy) is 2. The van der Waals surface area contributed by atoms with E-state index < -0.39 is 0 Å². The van der Waals surface area contributed by atoms with Crippen molar-refractivity contribution in [3.63, 3.8) is 0 Å². The molecule has 0 unspecified atom stereocenters. The molecular formula is C26H31N3O3. The largest absolute Gasteiger partial charge is 0.493 e. The monoisotopic (exact) mass is 433 g/mol. The molecule has 3 heterocycles. The van der Waals surface area contributed by atoms with E-state index in [2.05, 4.69) is 33.0 Å². The molecule has 2 aliphatic rings. The molecule has 1 N–H and O–H groups in total. The van der Waals surface area contributed by atoms with E-state index in [1.807, 2.05) is 24.3 Å². The summed E-state index contributed by atoms with van der Waals surface area (Å²) in [6, 6.07) is 14.2. The van der Waals surface area contributed by atoms with E-state index in [1.54, 1.807) is 7.11 Å². The van der Waals surface area contributed by atoms with Crippen LogP contribution in [0.15, 0.2) is 42.5 Å². The maximum Gasteiger partial charge on any atom is 0.202 e. The minimum atomic E-state index is -0.00202. The number of ketones is 1. The Kier molecular flexibility index (Phi) is 6.14. The second-order valence-electron chi connectivity index (χ2n) is 8.67. The summed E-state index contributed by atoms with van der Waals surface area (Å²) in [6.45, 7) is 5.85. The standard InChI is InChI=1S/C26H31N3O3/c1-31-24-9-8-19(17-28-13-4-5-14-28)16-25(24)32-18-23(30)26-20-6-2-3-7-21(20)29-15-12-27-11-10-22(26)29/h2-3,6-9,16,27H,4-5,10-15,17-18H2,1H3. The first-order valence-electron chi connectivity index (χ1n) is 11.6. The van der Waals surface area contributed by atoms with Crippen LogP contribution in [0.2, 0.25) is 0 Å². The summed E-state index contributed by atoms with van der Waals surface area (Å²) in [5.74, 6) is 1.31. The van der Waals surface area contributed by atoms with Crippen molar-refractivity contribution < 1.29 is 14.3 Å². The number of Topliss-reactive ketones (excluding diaryl/α,β-unsaturated/α-hetero) is 1. The molecule has 1 aromatic heterocycles. The van der Waals surface area contributed by atoms with Crippen molar-refractivity contribution in [2.45, 2.75) is 32.4 Å². The number of fused-ring (bicyclic) bond motifs is 3. The summed E-state index contributed by atoms with van der Waals surface area (Å²) in [6.07, 6.45) is 3.36. The van der Waals surface area contributed by atoms with Crippen molar-refractivity contribution in [1.29, 1.82) is 0 Å². The topological polar surface area (TPSA) is 55.7 Å². The van der Waals surface area contributed by atoms with Crippen LogP contribution in [0.25, 0.3) is 10.9 Å². The highest BCUT2D eigenvalue weighted by atomic mass is 16.5. The number of methoxy groups -OCH3 is 1. The molecule has 0 aliphatic carbocycles. The van der Waals surface area contributed by atoms with Gasteiger partial charge in [0.25, 0.3) is 0 Å². The Morgan fingerprint density at radius 3 is 2.72 bits per heavy atom. The molecule has 6 heteroatoms. The van der Waals surface area contributed by atoms with E-state index in [9.17, 15) is 4.79 Å². The van der Waals surface area contributed by atoms with Crippen LogP contribution in [0.1, 0.15) is 34.5 Å². The summed E-state index contributed by atoms with van der Waals surface area (Å²) >= 11 is 0. The number of aromatic nitrogens is 1. The van der Waals surface area contributed by atoms with Gasteiger partial charge >= 0.3 is 0 Å². The third-order valence-electron chi connectivity index (χ3n) is 6.60. The summed E-state index contributed by atoms with van der Waals surface area (Å²) in [5.41, 5.74) is 4.22. The van der Waals surface area contributed by atoms with Gasteiger partial charge in [0.1, 0.15) is 0 Å². The Morgan fingerprint density at radius 2 is 1.88 bits per heavy atom. The van der Waals surface area contributed by atoms with Gasteiger partial charge in [0.15, 0.2) is 18.1 Å². The van der Waals surface area contributed by atoms with Crippen molar-refractivity contribution in [3.05, 3.63) is 59.3 Å². The van der Waals surface area contributed by atoms with Gasteiger partial charge in [-0.2, -0.15) is 0 Å². The fraction of sp³-hybridized carbons (Fsp3) is 0.423. The number of hydrogen-bond acceptors (Lipinski definition) is 5. The lowest BCUT2D eigenvalue weighted by Crippen LogP contribution is -2.19. The van der Waals surface area contributed by atoms with Gasteiger partial charge in [-0.1, -0.05) is 24.3 Å². The summed E-state index contributed by atoms with van der Waals surface area (Å²) in [4.78, 5) is 15.9. The van der Waals surface area contributed by atoms with Gasteiger partial charge in [0.2, 0.25) is 5.78 Å². The Labute approximate surface area is 189 Å². The highest BCUT2D eigenvalue weighted by molar-refractivity contribution is 6.10. The third kappa shape index (κ3) is 4.12. The van der Waals surface area contributed by atoms with Crippen LogP contribution in [-0.2, 0) is 19.5 Å². The van der Waals surface area contributed by atoms with E-state index in [1.165, 1.54) is 18.4 Å². The molecule has 6 nitrogen and oxygen atoms in total. The fourth-order valence-electron chi connectivity index (χ4n) is 5.05. The first kappa shape index (κ1) is 21.0. The molecule has 0 amide bonds. The molecule has 0 bridgehead atoms. The minimum absolute atomic E-state index is 0.00202. The first-order valence-corrected chi connectivity index (χ1v) is 11.6. The van der Waals surface area contributed by atoms with Crippen LogP contribution >= 0.6 is 0 Å². The Morgan fingerprint density at radius 1 is 1.03 bits per heavy atom. The highest BCUT2D eigenvalue weighted by Crippen LogP contribution is 2.31. The average molecular weight is 434 g/mol. The van der Waals surface area contributed by atoms with Crippen molar-refractivity contribution in [3.8, 4) is 11.5 Å². The van der Waals surface area contributed by atoms with Gasteiger partial charge in [0.05, 0.1) is 12.7 Å². The third-order valence-corrected chi connectivity index (χ3v) is 6.60. The van der Waals surface area contributed by atoms with Crippen molar-refractivity contribution in [2.75, 3.05) is 39.9 Å². The molecule has 0 saturated carbocycles. The number of rotatable bonds is 7. The molecule has 2 aromatic carbocycles. The summed E-state index contributed by atoms with van der Waals surface area (Å²) in [7, 11) is 1.64. The molecule has 32 heavy (non-hydrogen) atoms. The number of nitrogens with one attached hydrogen (secondary N) is 1. The van der Waals surface area contributed by atoms with Gasteiger partial charge in [-0.15, -0.1) is 0 Å². The smallest absolute Gasteiger partial charge is 0.202 e. The predicted octanol–water partition coefficient (Wildman–Crippen LogP) is 3.65. The number of carbonyl (C=O) groups is 1. The summed E-state index contributed by atoms with van der Waals surface area (Å²) < 4.78 is 13.9. The van der Waals surface area contributed by atoms with Crippen LogP contribution in [0.3, 0.4) is 0 Å². The maximum atomic E-state index is 13.4. The molecule has 3 aromatic rings. The fourth-order valence-corrected chi connectivity index (χ4v) is 5.05. The second kappa shape index (κ2) is 9.35. The second-order valence-corrected chi connectivity index (χ2v) is 8.67. The zero-order valence-corrected chi connectivity index (χ0v) is 18.7. The maximum absolute atomic E-state index is 13.4. The van der Waals surface area contributed by atoms with E-state index in [0.717, 1.165) is 67.8 Å². The van der Waals surface area contributed by atoms with E-state index >= 15 is 0 Å². The molecule has 0 spiro atoms. The Bertz CT molecular complexity index is 1110. The van der Waals surface area contributed by atoms with Crippen LogP contribution in [-0.4, -0.2) is 55.1 Å². The van der Waals surface area contributed by atoms with Crippen LogP contribution < -0.4 is 14.8 Å². The number of para-hydroxylation sites is 1. The first-order chi connectivity index (χ1) is 15.7. The molecular weight excluding hydrogens is 402 g/mol. The average Bonchev–Trinajstić information content (AvgIpc) is 3.36. The highest BCUT2D eigenvalue weighted by Gasteiger charge is 2.24. The van der Waals surface area contributed by atoms with Crippen molar-refractivity contribution in [1.82, 2.24) is 14.8 Å². The van der Waals surface area contributed by atoms with Crippen molar-refractivity contribution >= 4 is 16.7 Å². The number of carbonyl (C=O) groups excluding carboxylic acids is 1. The van der Waals surface area contributed by atoms with Gasteiger partial charge in [0, 0.05) is 49.2 Å². The number of likely N-dealkylation sites (tertiary alicyclic amines) is 1. The van der Waals surface area contributed by atoms with Crippen LogP contribution in [0.5, 0.6) is 11.5 Å². The zero-order valence-electron chi connectivity index (χ0n) is 18.7. The van der Waals surface area contributed by atoms with Gasteiger partial charge in [-0.05, 0) is 49.7 Å². The Balaban J connectivity index is 1.39. The van der Waals surface area contributed by atoms with Crippen LogP contribution in [0, 0.1) is 0 Å². The van der Waals surface area contributed by atoms with Crippen LogP contribution in [0.4, 0.5) is 0 Å². The molecule has 2 aliphatic heterocycles. The van der Waals surface area contributed by atoms with Crippen molar-refractivity contribution in [2.24, 2.45) is 0 Å². The van der Waals surface area contributed by atoms with E-state index in [4.69, 9.17) is 9.47 Å². The molecule has 5 rings (SSSR count). The van der Waals surface area contributed by atoms with Gasteiger partial charge < -0.3 is 19.4 Å². The van der Waals surface area contributed by atoms with Gasteiger partial charge in [-0.3, -0.25) is 9.69 Å². The Hall–Kier alpha value is -2.83. The van der Waals surface area contributed by atoms with E-state index in [0.29, 0.717) is 11.5 Å². The zero-order chi connectivity index (χ0) is 21.9. The predicted molar refractivity (Wildman–Crippen MR) is 126 cm³/mol.